The summed E-state index contributed by atoms with van der Waals surface area (Å²) < 4.78 is 0. The predicted octanol–water partition coefficient (Wildman–Crippen LogP) is 3.40. The second kappa shape index (κ2) is 4.27. The zero-order valence-corrected chi connectivity index (χ0v) is 9.57. The van der Waals surface area contributed by atoms with Crippen molar-refractivity contribution in [3.8, 4) is 11.4 Å². The standard InChI is InChI=1S/C14H14N2/c1-4-12-8-9-14(16-11(12)3)13-7-5-6-10(2)15-13/h4-9H,1H2,2-3H3. The molecule has 0 aliphatic carbocycles. The second-order valence-corrected chi connectivity index (χ2v) is 3.74. The summed E-state index contributed by atoms with van der Waals surface area (Å²) in [5.41, 5.74) is 4.88. The Morgan fingerprint density at radius 3 is 2.38 bits per heavy atom. The molecule has 0 unspecified atom stereocenters. The normalized spacial score (nSPS) is 10.1. The molecule has 0 aliphatic heterocycles. The van der Waals surface area contributed by atoms with E-state index in [-0.39, 0.29) is 0 Å². The summed E-state index contributed by atoms with van der Waals surface area (Å²) >= 11 is 0. The molecule has 16 heavy (non-hydrogen) atoms. The van der Waals surface area contributed by atoms with Crippen LogP contribution in [0, 0.1) is 13.8 Å². The van der Waals surface area contributed by atoms with Gasteiger partial charge in [0.25, 0.3) is 0 Å². The van der Waals surface area contributed by atoms with Gasteiger partial charge in [-0.05, 0) is 37.6 Å². The number of nitrogens with zero attached hydrogens (tertiary/aromatic N) is 2. The zero-order valence-electron chi connectivity index (χ0n) is 9.57. The molecule has 0 N–H and O–H groups in total. The van der Waals surface area contributed by atoms with Crippen molar-refractivity contribution >= 4 is 6.08 Å². The number of pyridine rings is 2. The first kappa shape index (κ1) is 10.6. The first-order valence-corrected chi connectivity index (χ1v) is 5.25. The first-order valence-electron chi connectivity index (χ1n) is 5.25. The summed E-state index contributed by atoms with van der Waals surface area (Å²) in [6.07, 6.45) is 1.82. The van der Waals surface area contributed by atoms with Crippen molar-refractivity contribution in [3.05, 3.63) is 53.9 Å². The van der Waals surface area contributed by atoms with Crippen LogP contribution in [0.1, 0.15) is 17.0 Å². The smallest absolute Gasteiger partial charge is 0.0889 e. The Kier molecular flexibility index (Phi) is 2.82. The van der Waals surface area contributed by atoms with Crippen LogP contribution in [0.15, 0.2) is 36.9 Å². The SMILES string of the molecule is C=Cc1ccc(-c2cccc(C)n2)nc1C. The summed E-state index contributed by atoms with van der Waals surface area (Å²) in [4.78, 5) is 8.97. The van der Waals surface area contributed by atoms with E-state index in [2.05, 4.69) is 16.5 Å². The average molecular weight is 210 g/mol. The van der Waals surface area contributed by atoms with Gasteiger partial charge in [0, 0.05) is 11.4 Å². The quantitative estimate of drug-likeness (QED) is 0.759. The van der Waals surface area contributed by atoms with Crippen molar-refractivity contribution in [1.82, 2.24) is 9.97 Å². The summed E-state index contributed by atoms with van der Waals surface area (Å²) in [7, 11) is 0. The van der Waals surface area contributed by atoms with Crippen LogP contribution < -0.4 is 0 Å². The maximum absolute atomic E-state index is 4.52. The molecule has 80 valence electrons. The van der Waals surface area contributed by atoms with Crippen LogP contribution in [-0.4, -0.2) is 9.97 Å². The van der Waals surface area contributed by atoms with E-state index in [0.717, 1.165) is 28.3 Å². The number of hydrogen-bond donors (Lipinski definition) is 0. The van der Waals surface area contributed by atoms with Gasteiger partial charge in [-0.25, -0.2) is 0 Å². The van der Waals surface area contributed by atoms with E-state index >= 15 is 0 Å². The Labute approximate surface area is 95.7 Å². The minimum Gasteiger partial charge on any atom is -0.251 e. The molecule has 2 rings (SSSR count). The fraction of sp³-hybridized carbons (Fsp3) is 0.143. The second-order valence-electron chi connectivity index (χ2n) is 3.74. The summed E-state index contributed by atoms with van der Waals surface area (Å²) in [5, 5.41) is 0. The van der Waals surface area contributed by atoms with Gasteiger partial charge < -0.3 is 0 Å². The molecule has 0 aromatic carbocycles. The largest absolute Gasteiger partial charge is 0.251 e. The van der Waals surface area contributed by atoms with Gasteiger partial charge >= 0.3 is 0 Å². The maximum Gasteiger partial charge on any atom is 0.0889 e. The molecule has 2 heterocycles. The number of aryl methyl sites for hydroxylation is 2. The number of hydrogen-bond acceptors (Lipinski definition) is 2. The van der Waals surface area contributed by atoms with Crippen molar-refractivity contribution in [2.24, 2.45) is 0 Å². The van der Waals surface area contributed by atoms with Crippen molar-refractivity contribution < 1.29 is 0 Å². The average Bonchev–Trinajstić information content (AvgIpc) is 2.29. The highest BCUT2D eigenvalue weighted by Gasteiger charge is 2.03. The highest BCUT2D eigenvalue weighted by Crippen LogP contribution is 2.17. The molecule has 0 radical (unpaired) electrons. The van der Waals surface area contributed by atoms with Crippen LogP contribution in [0.5, 0.6) is 0 Å². The monoisotopic (exact) mass is 210 g/mol. The Balaban J connectivity index is 2.49. The van der Waals surface area contributed by atoms with E-state index in [4.69, 9.17) is 0 Å². The van der Waals surface area contributed by atoms with Crippen LogP contribution in [0.2, 0.25) is 0 Å². The molecule has 0 amide bonds. The summed E-state index contributed by atoms with van der Waals surface area (Å²) in [6.45, 7) is 7.72. The van der Waals surface area contributed by atoms with Gasteiger partial charge in [0.05, 0.1) is 11.4 Å². The molecule has 2 aromatic heterocycles. The third kappa shape index (κ3) is 2.01. The van der Waals surface area contributed by atoms with E-state index in [1.165, 1.54) is 0 Å². The van der Waals surface area contributed by atoms with Crippen molar-refractivity contribution in [3.63, 3.8) is 0 Å². The van der Waals surface area contributed by atoms with Gasteiger partial charge in [-0.15, -0.1) is 0 Å². The van der Waals surface area contributed by atoms with Crippen LogP contribution in [0.25, 0.3) is 17.5 Å². The minimum absolute atomic E-state index is 0.909. The maximum atomic E-state index is 4.52. The van der Waals surface area contributed by atoms with E-state index < -0.39 is 0 Å². The Bertz CT molecular complexity index is 530. The Morgan fingerprint density at radius 2 is 1.75 bits per heavy atom. The lowest BCUT2D eigenvalue weighted by atomic mass is 10.1. The minimum atomic E-state index is 0.909. The predicted molar refractivity (Wildman–Crippen MR) is 67.0 cm³/mol. The Morgan fingerprint density at radius 1 is 1.00 bits per heavy atom. The lowest BCUT2D eigenvalue weighted by Gasteiger charge is -2.04. The molecule has 0 saturated carbocycles. The fourth-order valence-corrected chi connectivity index (χ4v) is 1.62. The molecule has 0 bridgehead atoms. The van der Waals surface area contributed by atoms with Crippen molar-refractivity contribution in [2.45, 2.75) is 13.8 Å². The van der Waals surface area contributed by atoms with Crippen molar-refractivity contribution in [1.29, 1.82) is 0 Å². The third-order valence-corrected chi connectivity index (χ3v) is 2.50. The van der Waals surface area contributed by atoms with Gasteiger partial charge in [-0.1, -0.05) is 24.8 Å². The summed E-state index contributed by atoms with van der Waals surface area (Å²) in [5.74, 6) is 0. The number of rotatable bonds is 2. The van der Waals surface area contributed by atoms with E-state index in [1.807, 2.05) is 50.3 Å². The van der Waals surface area contributed by atoms with Gasteiger partial charge in [-0.2, -0.15) is 0 Å². The van der Waals surface area contributed by atoms with Gasteiger partial charge in [0.2, 0.25) is 0 Å². The topological polar surface area (TPSA) is 25.8 Å². The van der Waals surface area contributed by atoms with Crippen molar-refractivity contribution in [2.75, 3.05) is 0 Å². The van der Waals surface area contributed by atoms with Crippen LogP contribution >= 0.6 is 0 Å². The molecule has 0 atom stereocenters. The van der Waals surface area contributed by atoms with E-state index in [0.29, 0.717) is 0 Å². The zero-order chi connectivity index (χ0) is 11.5. The fourth-order valence-electron chi connectivity index (χ4n) is 1.62. The van der Waals surface area contributed by atoms with Gasteiger partial charge in [-0.3, -0.25) is 9.97 Å². The van der Waals surface area contributed by atoms with E-state index in [9.17, 15) is 0 Å². The van der Waals surface area contributed by atoms with Crippen LogP contribution in [-0.2, 0) is 0 Å². The third-order valence-electron chi connectivity index (χ3n) is 2.50. The lowest BCUT2D eigenvalue weighted by molar-refractivity contribution is 1.14. The molecule has 0 spiro atoms. The lowest BCUT2D eigenvalue weighted by Crippen LogP contribution is -1.93. The highest BCUT2D eigenvalue weighted by atomic mass is 14.8. The Hall–Kier alpha value is -1.96. The summed E-state index contributed by atoms with van der Waals surface area (Å²) in [6, 6.07) is 9.95. The van der Waals surface area contributed by atoms with Crippen LogP contribution in [0.4, 0.5) is 0 Å². The van der Waals surface area contributed by atoms with Crippen LogP contribution in [0.3, 0.4) is 0 Å². The molecular weight excluding hydrogens is 196 g/mol. The molecule has 0 aliphatic rings. The molecular formula is C14H14N2. The molecule has 2 heteroatoms. The van der Waals surface area contributed by atoms with E-state index in [1.54, 1.807) is 0 Å². The molecule has 0 fully saturated rings. The number of aromatic nitrogens is 2. The molecule has 2 aromatic rings. The van der Waals surface area contributed by atoms with Gasteiger partial charge in [0.1, 0.15) is 0 Å². The molecule has 2 nitrogen and oxygen atoms in total. The van der Waals surface area contributed by atoms with Gasteiger partial charge in [0.15, 0.2) is 0 Å². The first-order chi connectivity index (χ1) is 7.70. The highest BCUT2D eigenvalue weighted by molar-refractivity contribution is 5.58. The molecule has 0 saturated heterocycles.